The third-order valence-corrected chi connectivity index (χ3v) is 13.7. The van der Waals surface area contributed by atoms with E-state index in [1.807, 2.05) is 23.1 Å². The molecule has 3 fully saturated rings. The van der Waals surface area contributed by atoms with Crippen LogP contribution in [0.3, 0.4) is 0 Å². The molecular formula is C40H40F9N11O4S. The molecule has 0 unspecified atom stereocenters. The van der Waals surface area contributed by atoms with E-state index >= 15 is 0 Å². The first-order chi connectivity index (χ1) is 30.5. The molecule has 0 radical (unpaired) electrons. The second kappa shape index (κ2) is 17.2. The van der Waals surface area contributed by atoms with E-state index in [9.17, 15) is 57.5 Å². The summed E-state index contributed by atoms with van der Waals surface area (Å²) in [6.07, 6.45) is -11.3. The second-order valence-corrected chi connectivity index (χ2v) is 18.0. The van der Waals surface area contributed by atoms with Gasteiger partial charge in [0.15, 0.2) is 5.82 Å². The van der Waals surface area contributed by atoms with E-state index in [1.54, 1.807) is 11.7 Å². The smallest absolute Gasteiger partial charge is 0.351 e. The number of urea groups is 1. The number of carbonyl (C=O) groups excluding carboxylic acids is 2. The third-order valence-electron chi connectivity index (χ3n) is 11.8. The van der Waals surface area contributed by atoms with Gasteiger partial charge in [-0.15, -0.1) is 0 Å². The summed E-state index contributed by atoms with van der Waals surface area (Å²) in [5.41, 5.74) is -2.15. The summed E-state index contributed by atoms with van der Waals surface area (Å²) < 4.78 is 156. The number of carbonyl (C=O) groups is 2. The number of piperidine rings is 2. The maximum absolute atomic E-state index is 14.9. The van der Waals surface area contributed by atoms with E-state index < -0.39 is 68.9 Å². The van der Waals surface area contributed by atoms with Crippen LogP contribution in [0.1, 0.15) is 60.3 Å². The zero-order valence-corrected chi connectivity index (χ0v) is 35.1. The second-order valence-electron chi connectivity index (χ2n) is 16.1. The highest BCUT2D eigenvalue weighted by Gasteiger charge is 2.43. The Kier molecular flexibility index (Phi) is 12.1. The van der Waals surface area contributed by atoms with Crippen molar-refractivity contribution >= 4 is 44.6 Å². The molecule has 0 bridgehead atoms. The Balaban J connectivity index is 0.925. The first kappa shape index (κ1) is 45.7. The summed E-state index contributed by atoms with van der Waals surface area (Å²) in [5, 5.41) is 13.9. The normalized spacial score (nSPS) is 18.2. The van der Waals surface area contributed by atoms with E-state index in [-0.39, 0.29) is 74.3 Å². The molecule has 2 aromatic carbocycles. The third kappa shape index (κ3) is 9.76. The first-order valence-corrected chi connectivity index (χ1v) is 21.8. The molecule has 6 heterocycles. The molecule has 25 heteroatoms. The highest BCUT2D eigenvalue weighted by Crippen LogP contribution is 2.41. The number of aryl methyl sites for hydroxylation is 1. The molecule has 348 valence electrons. The van der Waals surface area contributed by atoms with Crippen molar-refractivity contribution in [2.24, 2.45) is 7.05 Å². The zero-order valence-electron chi connectivity index (χ0n) is 34.3. The number of sulfonamides is 1. The van der Waals surface area contributed by atoms with Crippen LogP contribution in [0.25, 0.3) is 22.2 Å². The molecule has 3 aliphatic rings. The van der Waals surface area contributed by atoms with E-state index in [1.165, 1.54) is 17.0 Å². The van der Waals surface area contributed by atoms with Crippen molar-refractivity contribution < 1.29 is 57.5 Å². The SMILES string of the molecule is Cn1nc(N2CCC(=O)NC2=O)c2ccc(C3CCN(Cc4cccc(S(=O)(=O)N5CCC(Nc6ncc(C(F)(F)F)c(-c7cnn(CC(F)(F)F)c7)n6)CC5)c4C(F)(F)F)CC3)cc21. The number of rotatable bonds is 10. The maximum atomic E-state index is 14.9. The number of likely N-dealkylation sites (tertiary alicyclic amines) is 1. The van der Waals surface area contributed by atoms with Crippen LogP contribution < -0.4 is 15.5 Å². The van der Waals surface area contributed by atoms with Gasteiger partial charge >= 0.3 is 24.6 Å². The number of hydrogen-bond donors (Lipinski definition) is 2. The number of nitrogens with zero attached hydrogens (tertiary/aromatic N) is 9. The Hall–Kier alpha value is -5.82. The Morgan fingerprint density at radius 1 is 0.877 bits per heavy atom. The largest absolute Gasteiger partial charge is 0.419 e. The van der Waals surface area contributed by atoms with Crippen molar-refractivity contribution in [1.82, 2.24) is 44.1 Å². The van der Waals surface area contributed by atoms with Crippen molar-refractivity contribution in [3.8, 4) is 11.3 Å². The number of anilines is 2. The fourth-order valence-corrected chi connectivity index (χ4v) is 10.3. The standard InChI is InChI=1S/C40H40F9N11O4S/c1-56-30-17-24(5-6-28(30)35(55-56)60-16-11-32(61)53-37(60)62)23-7-12-57(13-8-23)20-25-3-2-4-31(33(25)40(47,48)49)65(63,64)59-14-9-27(10-15-59)52-36-50-19-29(39(44,45)46)34(54-36)26-18-51-58(21-26)22-38(41,42)43/h2-6,17-19,21,23,27H,7-16,20,22H2,1H3,(H,50,52,54)(H,53,61,62). The van der Waals surface area contributed by atoms with E-state index in [4.69, 9.17) is 0 Å². The van der Waals surface area contributed by atoms with Crippen LogP contribution in [0, 0.1) is 0 Å². The van der Waals surface area contributed by atoms with Crippen LogP contribution in [0.15, 0.2) is 59.9 Å². The topological polar surface area (TPSA) is 163 Å². The maximum Gasteiger partial charge on any atom is 0.419 e. The molecule has 65 heavy (non-hydrogen) atoms. The van der Waals surface area contributed by atoms with Crippen LogP contribution in [-0.4, -0.2) is 104 Å². The van der Waals surface area contributed by atoms with Gasteiger partial charge in [0.1, 0.15) is 12.1 Å². The molecule has 0 saturated carbocycles. The summed E-state index contributed by atoms with van der Waals surface area (Å²) in [5.74, 6) is -0.219. The van der Waals surface area contributed by atoms with Crippen molar-refractivity contribution in [3.05, 3.63) is 77.2 Å². The van der Waals surface area contributed by atoms with Crippen LogP contribution >= 0.6 is 0 Å². The minimum absolute atomic E-state index is 0.00487. The van der Waals surface area contributed by atoms with Crippen molar-refractivity contribution in [3.63, 3.8) is 0 Å². The Morgan fingerprint density at radius 2 is 1.60 bits per heavy atom. The molecular weight excluding hydrogens is 902 g/mol. The molecule has 3 saturated heterocycles. The molecule has 0 atom stereocenters. The summed E-state index contributed by atoms with van der Waals surface area (Å²) in [4.78, 5) is 34.2. The van der Waals surface area contributed by atoms with Crippen LogP contribution in [0.5, 0.6) is 0 Å². The molecule has 3 aliphatic heterocycles. The van der Waals surface area contributed by atoms with Gasteiger partial charge < -0.3 is 5.32 Å². The number of hydrogen-bond acceptors (Lipinski definition) is 10. The Morgan fingerprint density at radius 3 is 2.26 bits per heavy atom. The lowest BCUT2D eigenvalue weighted by atomic mass is 9.88. The van der Waals surface area contributed by atoms with Gasteiger partial charge in [0.2, 0.25) is 21.9 Å². The molecule has 0 aliphatic carbocycles. The van der Waals surface area contributed by atoms with Gasteiger partial charge in [0.05, 0.1) is 27.9 Å². The quantitative estimate of drug-likeness (QED) is 0.141. The van der Waals surface area contributed by atoms with Gasteiger partial charge in [0, 0.05) is 69.0 Å². The van der Waals surface area contributed by atoms with Crippen LogP contribution in [0.2, 0.25) is 0 Å². The highest BCUT2D eigenvalue weighted by atomic mass is 32.2. The highest BCUT2D eigenvalue weighted by molar-refractivity contribution is 7.89. The zero-order chi connectivity index (χ0) is 46.6. The summed E-state index contributed by atoms with van der Waals surface area (Å²) in [7, 11) is -2.97. The number of fused-ring (bicyclic) bond motifs is 1. The molecule has 15 nitrogen and oxygen atoms in total. The lowest BCUT2D eigenvalue weighted by molar-refractivity contribution is -0.143. The number of alkyl halides is 9. The summed E-state index contributed by atoms with van der Waals surface area (Å²) in [6.45, 7) is -1.20. The average molecular weight is 942 g/mol. The minimum atomic E-state index is -5.04. The Bertz CT molecular complexity index is 2720. The van der Waals surface area contributed by atoms with E-state index in [0.717, 1.165) is 39.2 Å². The molecule has 8 rings (SSSR count). The lowest BCUT2D eigenvalue weighted by Crippen LogP contribution is -2.49. The average Bonchev–Trinajstić information content (AvgIpc) is 3.83. The van der Waals surface area contributed by atoms with Gasteiger partial charge in [-0.1, -0.05) is 18.2 Å². The number of benzene rings is 2. The van der Waals surface area contributed by atoms with Crippen molar-refractivity contribution in [2.45, 2.75) is 80.6 Å². The van der Waals surface area contributed by atoms with Crippen molar-refractivity contribution in [2.75, 3.05) is 42.9 Å². The monoisotopic (exact) mass is 941 g/mol. The minimum Gasteiger partial charge on any atom is -0.351 e. The first-order valence-electron chi connectivity index (χ1n) is 20.3. The van der Waals surface area contributed by atoms with Crippen LogP contribution in [-0.2, 0) is 47.3 Å². The molecule has 0 spiro atoms. The molecule has 5 aromatic rings. The fraction of sp³-hybridized carbons (Fsp3) is 0.450. The predicted octanol–water partition coefficient (Wildman–Crippen LogP) is 6.92. The van der Waals surface area contributed by atoms with Gasteiger partial charge in [0.25, 0.3) is 0 Å². The number of amides is 3. The number of aromatic nitrogens is 6. The van der Waals surface area contributed by atoms with Crippen molar-refractivity contribution in [1.29, 1.82) is 0 Å². The number of halogens is 9. The van der Waals surface area contributed by atoms with Gasteiger partial charge in [-0.05, 0) is 74.0 Å². The van der Waals surface area contributed by atoms with Crippen LogP contribution in [0.4, 0.5) is 56.1 Å². The van der Waals surface area contributed by atoms with Gasteiger partial charge in [-0.3, -0.25) is 29.3 Å². The molecule has 3 amide bonds. The van der Waals surface area contributed by atoms with E-state index in [0.29, 0.717) is 42.6 Å². The van der Waals surface area contributed by atoms with E-state index in [2.05, 4.69) is 30.8 Å². The predicted molar refractivity (Wildman–Crippen MR) is 215 cm³/mol. The van der Waals surface area contributed by atoms with Gasteiger partial charge in [-0.25, -0.2) is 23.2 Å². The van der Waals surface area contributed by atoms with Gasteiger partial charge in [-0.2, -0.15) is 54.0 Å². The summed E-state index contributed by atoms with van der Waals surface area (Å²) >= 11 is 0. The number of nitrogens with one attached hydrogen (secondary N) is 2. The fourth-order valence-electron chi connectivity index (χ4n) is 8.58. The Labute approximate surface area is 364 Å². The lowest BCUT2D eigenvalue weighted by Gasteiger charge is -2.34. The number of imide groups is 1. The summed E-state index contributed by atoms with van der Waals surface area (Å²) in [6, 6.07) is 8.03. The molecule has 2 N–H and O–H groups in total. The molecule has 3 aromatic heterocycles.